The summed E-state index contributed by atoms with van der Waals surface area (Å²) < 4.78 is 5.31. The molecule has 1 aliphatic rings. The first-order valence-corrected chi connectivity index (χ1v) is 6.55. The molecule has 1 fully saturated rings. The zero-order valence-corrected chi connectivity index (χ0v) is 11.0. The Morgan fingerprint density at radius 2 is 2.05 bits per heavy atom. The van der Waals surface area contributed by atoms with Gasteiger partial charge in [0.1, 0.15) is 0 Å². The van der Waals surface area contributed by atoms with Crippen molar-refractivity contribution in [2.24, 2.45) is 0 Å². The molecular weight excluding hydrogens is 258 g/mol. The van der Waals surface area contributed by atoms with Crippen LogP contribution in [0.5, 0.6) is 0 Å². The number of hydrogen-bond acceptors (Lipinski definition) is 3. The van der Waals surface area contributed by atoms with E-state index in [0.717, 1.165) is 31.1 Å². The summed E-state index contributed by atoms with van der Waals surface area (Å²) >= 11 is 0. The Morgan fingerprint density at radius 3 is 2.65 bits per heavy atom. The fourth-order valence-corrected chi connectivity index (χ4v) is 2.04. The molecule has 0 saturated carbocycles. The summed E-state index contributed by atoms with van der Waals surface area (Å²) in [5.41, 5.74) is 1.30. The lowest BCUT2D eigenvalue weighted by atomic mass is 10.1. The van der Waals surface area contributed by atoms with Gasteiger partial charge in [-0.1, -0.05) is 12.1 Å². The van der Waals surface area contributed by atoms with Crippen LogP contribution in [0.4, 0.5) is 0 Å². The van der Waals surface area contributed by atoms with Crippen molar-refractivity contribution in [3.05, 3.63) is 41.5 Å². The molecule has 106 valence electrons. The Bertz CT molecular complexity index is 501. The largest absolute Gasteiger partial charge is 0.478 e. The maximum absolute atomic E-state index is 12.0. The lowest BCUT2D eigenvalue weighted by Gasteiger charge is -2.23. The minimum absolute atomic E-state index is 0.0721. The summed E-state index contributed by atoms with van der Waals surface area (Å²) in [6.07, 6.45) is 4.45. The summed E-state index contributed by atoms with van der Waals surface area (Å²) in [6.45, 7) is 1.32. The van der Waals surface area contributed by atoms with Gasteiger partial charge in [-0.3, -0.25) is 4.79 Å². The number of carbonyl (C=O) groups is 2. The van der Waals surface area contributed by atoms with Crippen molar-refractivity contribution < 1.29 is 19.4 Å². The average molecular weight is 275 g/mol. The standard InChI is InChI=1S/C15H17NO4/c17-14(18)8-5-11-3-6-12(7-4-11)15(19)16-13-2-1-9-20-10-13/h3-8,13H,1-2,9-10H2,(H,16,19)(H,17,18). The molecule has 0 bridgehead atoms. The van der Waals surface area contributed by atoms with Crippen LogP contribution in [0.25, 0.3) is 6.08 Å². The molecule has 1 aromatic carbocycles. The topological polar surface area (TPSA) is 75.6 Å². The van der Waals surface area contributed by atoms with Crippen LogP contribution in [0.15, 0.2) is 30.3 Å². The van der Waals surface area contributed by atoms with E-state index in [4.69, 9.17) is 9.84 Å². The van der Waals surface area contributed by atoms with Gasteiger partial charge in [0.25, 0.3) is 5.91 Å². The van der Waals surface area contributed by atoms with Crippen LogP contribution in [0, 0.1) is 0 Å². The third-order valence-electron chi connectivity index (χ3n) is 3.09. The summed E-state index contributed by atoms with van der Waals surface area (Å²) in [6, 6.07) is 6.86. The minimum Gasteiger partial charge on any atom is -0.478 e. The third kappa shape index (κ3) is 4.20. The van der Waals surface area contributed by atoms with E-state index in [2.05, 4.69) is 5.32 Å². The molecule has 1 saturated heterocycles. The van der Waals surface area contributed by atoms with Gasteiger partial charge in [0.15, 0.2) is 0 Å². The quantitative estimate of drug-likeness (QED) is 0.820. The van der Waals surface area contributed by atoms with E-state index in [1.54, 1.807) is 24.3 Å². The van der Waals surface area contributed by atoms with E-state index < -0.39 is 5.97 Å². The molecule has 0 spiro atoms. The second-order valence-corrected chi connectivity index (χ2v) is 4.68. The van der Waals surface area contributed by atoms with Gasteiger partial charge < -0.3 is 15.2 Å². The first-order chi connectivity index (χ1) is 9.65. The van der Waals surface area contributed by atoms with Crippen LogP contribution in [-0.4, -0.2) is 36.2 Å². The number of carbonyl (C=O) groups excluding carboxylic acids is 1. The molecular formula is C15H17NO4. The van der Waals surface area contributed by atoms with Crippen molar-refractivity contribution in [2.75, 3.05) is 13.2 Å². The summed E-state index contributed by atoms with van der Waals surface area (Å²) in [5.74, 6) is -1.13. The Kier molecular flexibility index (Phi) is 4.90. The molecule has 1 atom stereocenters. The predicted octanol–water partition coefficient (Wildman–Crippen LogP) is 1.69. The van der Waals surface area contributed by atoms with Gasteiger partial charge >= 0.3 is 5.97 Å². The Morgan fingerprint density at radius 1 is 1.30 bits per heavy atom. The van der Waals surface area contributed by atoms with Crippen molar-refractivity contribution in [1.82, 2.24) is 5.32 Å². The second-order valence-electron chi connectivity index (χ2n) is 4.68. The molecule has 1 aromatic rings. The maximum atomic E-state index is 12.0. The van der Waals surface area contributed by atoms with Gasteiger partial charge in [-0.25, -0.2) is 4.79 Å². The molecule has 1 aliphatic heterocycles. The predicted molar refractivity (Wildman–Crippen MR) is 74.4 cm³/mol. The maximum Gasteiger partial charge on any atom is 0.328 e. The highest BCUT2D eigenvalue weighted by Gasteiger charge is 2.16. The van der Waals surface area contributed by atoms with Crippen LogP contribution in [0.3, 0.4) is 0 Å². The number of benzene rings is 1. The molecule has 5 nitrogen and oxygen atoms in total. The van der Waals surface area contributed by atoms with Crippen molar-refractivity contribution >= 4 is 18.0 Å². The average Bonchev–Trinajstić information content (AvgIpc) is 2.46. The molecule has 1 unspecified atom stereocenters. The molecule has 2 N–H and O–H groups in total. The molecule has 0 aromatic heterocycles. The molecule has 1 heterocycles. The van der Waals surface area contributed by atoms with E-state index in [1.165, 1.54) is 6.08 Å². The zero-order valence-electron chi connectivity index (χ0n) is 11.0. The normalized spacial score (nSPS) is 18.9. The van der Waals surface area contributed by atoms with Gasteiger partial charge in [0, 0.05) is 18.2 Å². The monoisotopic (exact) mass is 275 g/mol. The van der Waals surface area contributed by atoms with Gasteiger partial charge in [-0.2, -0.15) is 0 Å². The highest BCUT2D eigenvalue weighted by molar-refractivity contribution is 5.94. The molecule has 2 rings (SSSR count). The number of nitrogens with one attached hydrogen (secondary N) is 1. The number of ether oxygens (including phenoxy) is 1. The first-order valence-electron chi connectivity index (χ1n) is 6.55. The molecule has 0 aliphatic carbocycles. The van der Waals surface area contributed by atoms with Crippen LogP contribution in [0.1, 0.15) is 28.8 Å². The highest BCUT2D eigenvalue weighted by Crippen LogP contribution is 2.09. The van der Waals surface area contributed by atoms with E-state index in [1.807, 2.05) is 0 Å². The fraction of sp³-hybridized carbons (Fsp3) is 0.333. The van der Waals surface area contributed by atoms with Crippen molar-refractivity contribution in [3.8, 4) is 0 Å². The fourth-order valence-electron chi connectivity index (χ4n) is 2.04. The highest BCUT2D eigenvalue weighted by atomic mass is 16.5. The van der Waals surface area contributed by atoms with E-state index in [0.29, 0.717) is 12.2 Å². The molecule has 5 heteroatoms. The Labute approximate surface area is 117 Å². The number of hydrogen-bond donors (Lipinski definition) is 2. The number of carboxylic acid groups (broad SMARTS) is 1. The Balaban J connectivity index is 1.94. The molecule has 20 heavy (non-hydrogen) atoms. The van der Waals surface area contributed by atoms with Crippen LogP contribution < -0.4 is 5.32 Å². The second kappa shape index (κ2) is 6.86. The molecule has 1 amide bonds. The third-order valence-corrected chi connectivity index (χ3v) is 3.09. The van der Waals surface area contributed by atoms with Crippen molar-refractivity contribution in [3.63, 3.8) is 0 Å². The van der Waals surface area contributed by atoms with Crippen LogP contribution in [0.2, 0.25) is 0 Å². The lowest BCUT2D eigenvalue weighted by molar-refractivity contribution is -0.131. The Hall–Kier alpha value is -2.14. The van der Waals surface area contributed by atoms with Crippen LogP contribution in [-0.2, 0) is 9.53 Å². The minimum atomic E-state index is -0.996. The van der Waals surface area contributed by atoms with Gasteiger partial charge in [0.05, 0.1) is 12.6 Å². The van der Waals surface area contributed by atoms with Gasteiger partial charge in [-0.15, -0.1) is 0 Å². The van der Waals surface area contributed by atoms with Gasteiger partial charge in [0.2, 0.25) is 0 Å². The van der Waals surface area contributed by atoms with E-state index in [-0.39, 0.29) is 11.9 Å². The smallest absolute Gasteiger partial charge is 0.328 e. The van der Waals surface area contributed by atoms with Crippen molar-refractivity contribution in [2.45, 2.75) is 18.9 Å². The SMILES string of the molecule is O=C(O)C=Cc1ccc(C(=O)NC2CCCOC2)cc1. The summed E-state index contributed by atoms with van der Waals surface area (Å²) in [4.78, 5) is 22.4. The molecule has 0 radical (unpaired) electrons. The number of amides is 1. The van der Waals surface area contributed by atoms with Gasteiger partial charge in [-0.05, 0) is 36.6 Å². The number of carboxylic acids is 1. The zero-order chi connectivity index (χ0) is 14.4. The van der Waals surface area contributed by atoms with E-state index in [9.17, 15) is 9.59 Å². The number of rotatable bonds is 4. The summed E-state index contributed by atoms with van der Waals surface area (Å²) in [5, 5.41) is 11.5. The summed E-state index contributed by atoms with van der Waals surface area (Å²) in [7, 11) is 0. The van der Waals surface area contributed by atoms with E-state index >= 15 is 0 Å². The van der Waals surface area contributed by atoms with Crippen LogP contribution >= 0.6 is 0 Å². The lowest BCUT2D eigenvalue weighted by Crippen LogP contribution is -2.40. The van der Waals surface area contributed by atoms with Crippen molar-refractivity contribution in [1.29, 1.82) is 0 Å². The number of aliphatic carboxylic acids is 1. The first kappa shape index (κ1) is 14.3.